The molecule has 118 valence electrons. The molecule has 1 heterocycles. The maximum Gasteiger partial charge on any atom is 0.269 e. The number of thiocarbonyl (C=S) groups is 1. The van der Waals surface area contributed by atoms with Crippen LogP contribution in [0.3, 0.4) is 0 Å². The minimum Gasteiger partial charge on any atom is -0.338 e. The van der Waals surface area contributed by atoms with Crippen LogP contribution < -0.4 is 15.8 Å². The van der Waals surface area contributed by atoms with Crippen LogP contribution in [0.1, 0.15) is 12.5 Å². The molecule has 1 atom stereocenters. The number of hydrogen-bond acceptors (Lipinski definition) is 4. The van der Waals surface area contributed by atoms with E-state index in [0.717, 1.165) is 15.7 Å². The Morgan fingerprint density at radius 1 is 1.26 bits per heavy atom. The fourth-order valence-corrected chi connectivity index (χ4v) is 3.17. The number of rotatable bonds is 3. The molecule has 8 heteroatoms. The predicted molar refractivity (Wildman–Crippen MR) is 95.9 cm³/mol. The number of nitrogens with one attached hydrogen (secondary N) is 2. The number of halogens is 1. The van der Waals surface area contributed by atoms with E-state index >= 15 is 0 Å². The second-order valence-electron chi connectivity index (χ2n) is 5.29. The van der Waals surface area contributed by atoms with Crippen LogP contribution in [0, 0.1) is 10.1 Å². The highest BCUT2D eigenvalue weighted by Gasteiger charge is 2.38. The lowest BCUT2D eigenvalue weighted by Gasteiger charge is -2.26. The van der Waals surface area contributed by atoms with Gasteiger partial charge in [-0.2, -0.15) is 5.43 Å². The van der Waals surface area contributed by atoms with Gasteiger partial charge >= 0.3 is 0 Å². The van der Waals surface area contributed by atoms with Gasteiger partial charge in [0.1, 0.15) is 5.66 Å². The molecule has 1 saturated heterocycles. The van der Waals surface area contributed by atoms with Gasteiger partial charge in [0.05, 0.1) is 10.6 Å². The number of nitro benzene ring substituents is 1. The predicted octanol–water partition coefficient (Wildman–Crippen LogP) is 3.43. The Labute approximate surface area is 146 Å². The van der Waals surface area contributed by atoms with E-state index in [2.05, 4.69) is 26.7 Å². The smallest absolute Gasteiger partial charge is 0.269 e. The number of non-ortho nitro benzene ring substituents is 1. The number of nitro groups is 1. The first-order valence-electron chi connectivity index (χ1n) is 6.80. The molecule has 0 unspecified atom stereocenters. The molecule has 3 rings (SSSR count). The Balaban J connectivity index is 1.88. The van der Waals surface area contributed by atoms with Gasteiger partial charge in [-0.05, 0) is 49.0 Å². The first kappa shape index (κ1) is 15.9. The maximum absolute atomic E-state index is 10.8. The first-order chi connectivity index (χ1) is 10.9. The minimum atomic E-state index is -0.567. The van der Waals surface area contributed by atoms with E-state index in [0.29, 0.717) is 5.11 Å². The van der Waals surface area contributed by atoms with Gasteiger partial charge in [-0.25, -0.2) is 5.01 Å². The quantitative estimate of drug-likeness (QED) is 0.473. The van der Waals surface area contributed by atoms with Crippen molar-refractivity contribution in [1.82, 2.24) is 10.7 Å². The second kappa shape index (κ2) is 5.88. The van der Waals surface area contributed by atoms with Gasteiger partial charge in [-0.15, -0.1) is 0 Å². The summed E-state index contributed by atoms with van der Waals surface area (Å²) in [5.41, 5.74) is 4.53. The van der Waals surface area contributed by atoms with Crippen LogP contribution in [0.25, 0.3) is 0 Å². The van der Waals surface area contributed by atoms with Crippen LogP contribution in [-0.4, -0.2) is 10.0 Å². The van der Waals surface area contributed by atoms with Gasteiger partial charge in [0.2, 0.25) is 0 Å². The highest BCUT2D eigenvalue weighted by molar-refractivity contribution is 9.10. The summed E-state index contributed by atoms with van der Waals surface area (Å²) < 4.78 is 0.972. The molecule has 0 spiro atoms. The van der Waals surface area contributed by atoms with Crippen molar-refractivity contribution in [2.75, 3.05) is 5.01 Å². The Bertz CT molecular complexity index is 783. The van der Waals surface area contributed by atoms with Crippen molar-refractivity contribution in [2.24, 2.45) is 0 Å². The monoisotopic (exact) mass is 392 g/mol. The van der Waals surface area contributed by atoms with E-state index in [1.54, 1.807) is 17.1 Å². The molecular weight excluding hydrogens is 380 g/mol. The molecule has 0 bridgehead atoms. The Morgan fingerprint density at radius 2 is 1.96 bits per heavy atom. The largest absolute Gasteiger partial charge is 0.338 e. The van der Waals surface area contributed by atoms with Crippen LogP contribution in [0.2, 0.25) is 0 Å². The average Bonchev–Trinajstić information content (AvgIpc) is 2.84. The van der Waals surface area contributed by atoms with Crippen molar-refractivity contribution in [3.05, 3.63) is 68.7 Å². The minimum absolute atomic E-state index is 0.0431. The number of hydrogen-bond donors (Lipinski definition) is 2. The van der Waals surface area contributed by atoms with Gasteiger partial charge in [0.25, 0.3) is 5.69 Å². The molecule has 2 N–H and O–H groups in total. The number of benzene rings is 2. The van der Waals surface area contributed by atoms with E-state index in [9.17, 15) is 10.1 Å². The third kappa shape index (κ3) is 3.05. The highest BCUT2D eigenvalue weighted by atomic mass is 79.9. The van der Waals surface area contributed by atoms with E-state index in [1.807, 2.05) is 31.2 Å². The summed E-state index contributed by atoms with van der Waals surface area (Å²) in [6, 6.07) is 14.1. The summed E-state index contributed by atoms with van der Waals surface area (Å²) in [6.45, 7) is 1.98. The Hall–Kier alpha value is -2.03. The summed E-state index contributed by atoms with van der Waals surface area (Å²) in [4.78, 5) is 10.3. The van der Waals surface area contributed by atoms with Crippen LogP contribution in [-0.2, 0) is 5.66 Å². The SMILES string of the molecule is C[C@]1(c2cccc(Br)c2)NC(=S)N(c2ccc([N+](=O)[O-])cc2)N1. The molecular formula is C15H13BrN4O2S. The topological polar surface area (TPSA) is 70.4 Å². The van der Waals surface area contributed by atoms with Gasteiger partial charge < -0.3 is 5.32 Å². The van der Waals surface area contributed by atoms with Crippen molar-refractivity contribution in [3.8, 4) is 0 Å². The summed E-state index contributed by atoms with van der Waals surface area (Å²) in [7, 11) is 0. The number of nitrogens with zero attached hydrogens (tertiary/aromatic N) is 2. The third-order valence-corrected chi connectivity index (χ3v) is 4.39. The van der Waals surface area contributed by atoms with E-state index in [4.69, 9.17) is 12.2 Å². The fourth-order valence-electron chi connectivity index (χ4n) is 2.41. The fraction of sp³-hybridized carbons (Fsp3) is 0.133. The molecule has 2 aromatic carbocycles. The van der Waals surface area contributed by atoms with E-state index < -0.39 is 10.6 Å². The van der Waals surface area contributed by atoms with Crippen LogP contribution in [0.5, 0.6) is 0 Å². The summed E-state index contributed by atoms with van der Waals surface area (Å²) in [5.74, 6) is 0. The molecule has 1 aliphatic rings. The summed E-state index contributed by atoms with van der Waals surface area (Å²) >= 11 is 8.86. The summed E-state index contributed by atoms with van der Waals surface area (Å²) in [6.07, 6.45) is 0. The second-order valence-corrected chi connectivity index (χ2v) is 6.59. The van der Waals surface area contributed by atoms with Crippen molar-refractivity contribution >= 4 is 44.6 Å². The van der Waals surface area contributed by atoms with Gasteiger partial charge in [0, 0.05) is 16.6 Å². The zero-order valence-corrected chi connectivity index (χ0v) is 14.5. The number of anilines is 1. The zero-order chi connectivity index (χ0) is 16.6. The van der Waals surface area contributed by atoms with Crippen LogP contribution in [0.15, 0.2) is 53.0 Å². The van der Waals surface area contributed by atoms with Gasteiger partial charge in [-0.3, -0.25) is 10.1 Å². The first-order valence-corrected chi connectivity index (χ1v) is 8.00. The maximum atomic E-state index is 10.8. The molecule has 2 aromatic rings. The molecule has 1 fully saturated rings. The molecule has 0 aliphatic carbocycles. The van der Waals surface area contributed by atoms with Crippen molar-refractivity contribution in [3.63, 3.8) is 0 Å². The molecule has 0 aromatic heterocycles. The normalized spacial score (nSPS) is 20.4. The van der Waals surface area contributed by atoms with Crippen molar-refractivity contribution in [1.29, 1.82) is 0 Å². The van der Waals surface area contributed by atoms with Crippen molar-refractivity contribution < 1.29 is 4.92 Å². The van der Waals surface area contributed by atoms with Gasteiger partial charge in [0.15, 0.2) is 5.11 Å². The lowest BCUT2D eigenvalue weighted by Crippen LogP contribution is -2.45. The standard InChI is InChI=1S/C15H13BrN4O2S/c1-15(10-3-2-4-11(16)9-10)17-14(23)19(18-15)12-5-7-13(8-6-12)20(21)22/h2-9,18H,1H3,(H,17,23)/t15-/m0/s1. The lowest BCUT2D eigenvalue weighted by molar-refractivity contribution is -0.384. The molecule has 0 saturated carbocycles. The third-order valence-electron chi connectivity index (χ3n) is 3.62. The van der Waals surface area contributed by atoms with Gasteiger partial charge in [-0.1, -0.05) is 28.1 Å². The number of hydrazine groups is 1. The van der Waals surface area contributed by atoms with E-state index in [1.165, 1.54) is 12.1 Å². The highest BCUT2D eigenvalue weighted by Crippen LogP contribution is 2.28. The Morgan fingerprint density at radius 3 is 2.57 bits per heavy atom. The van der Waals surface area contributed by atoms with E-state index in [-0.39, 0.29) is 5.69 Å². The van der Waals surface area contributed by atoms with Crippen molar-refractivity contribution in [2.45, 2.75) is 12.6 Å². The molecule has 6 nitrogen and oxygen atoms in total. The Kier molecular flexibility index (Phi) is 4.05. The lowest BCUT2D eigenvalue weighted by atomic mass is 10.0. The zero-order valence-electron chi connectivity index (χ0n) is 12.1. The molecule has 0 radical (unpaired) electrons. The average molecular weight is 393 g/mol. The molecule has 0 amide bonds. The van der Waals surface area contributed by atoms with Crippen LogP contribution >= 0.6 is 28.1 Å². The molecule has 23 heavy (non-hydrogen) atoms. The molecule has 1 aliphatic heterocycles. The van der Waals surface area contributed by atoms with Crippen LogP contribution in [0.4, 0.5) is 11.4 Å². The summed E-state index contributed by atoms with van der Waals surface area (Å²) in [5, 5.41) is 16.2.